The zero-order valence-electron chi connectivity index (χ0n) is 11.0. The number of nitrogens with zero attached hydrogens (tertiary/aromatic N) is 2. The zero-order chi connectivity index (χ0) is 12.5. The first-order chi connectivity index (χ1) is 8.22. The molecule has 0 aromatic carbocycles. The first-order valence-corrected chi connectivity index (χ1v) is 6.51. The molecule has 0 radical (unpaired) electrons. The molecule has 0 fully saturated rings. The minimum absolute atomic E-state index is 0.162. The summed E-state index contributed by atoms with van der Waals surface area (Å²) in [5.41, 5.74) is 1.32. The first-order valence-electron chi connectivity index (χ1n) is 6.51. The third-order valence-corrected chi connectivity index (χ3v) is 2.95. The molecular weight excluding hydrogens is 212 g/mol. The fraction of sp³-hybridized carbons (Fsp3) is 0.643. The van der Waals surface area contributed by atoms with Crippen LogP contribution in [0.3, 0.4) is 0 Å². The molecule has 1 aromatic heterocycles. The molecule has 0 aliphatic rings. The van der Waals surface area contributed by atoms with Crippen molar-refractivity contribution in [2.45, 2.75) is 45.8 Å². The molecule has 0 spiro atoms. The van der Waals surface area contributed by atoms with E-state index in [1.807, 2.05) is 19.3 Å². The van der Waals surface area contributed by atoms with E-state index >= 15 is 0 Å². The molecule has 1 atom stereocenters. The molecule has 1 rings (SSSR count). The largest absolute Gasteiger partial charge is 0.393 e. The summed E-state index contributed by atoms with van der Waals surface area (Å²) in [6.07, 6.45) is 6.69. The lowest BCUT2D eigenvalue weighted by Gasteiger charge is -2.20. The summed E-state index contributed by atoms with van der Waals surface area (Å²) in [5, 5.41) is 9.19. The quantitative estimate of drug-likeness (QED) is 0.704. The average molecular weight is 236 g/mol. The van der Waals surface area contributed by atoms with Gasteiger partial charge in [-0.2, -0.15) is 0 Å². The van der Waals surface area contributed by atoms with Crippen molar-refractivity contribution in [1.82, 2.24) is 9.88 Å². The summed E-state index contributed by atoms with van der Waals surface area (Å²) in [4.78, 5) is 6.45. The second-order valence-electron chi connectivity index (χ2n) is 4.57. The van der Waals surface area contributed by atoms with Gasteiger partial charge in [0.1, 0.15) is 0 Å². The maximum atomic E-state index is 9.19. The van der Waals surface area contributed by atoms with Crippen LogP contribution in [-0.2, 0) is 6.54 Å². The number of aliphatic hydroxyl groups excluding tert-OH is 1. The predicted molar refractivity (Wildman–Crippen MR) is 70.7 cm³/mol. The highest BCUT2D eigenvalue weighted by molar-refractivity contribution is 5.09. The van der Waals surface area contributed by atoms with Crippen LogP contribution in [0.2, 0.25) is 0 Å². The molecule has 3 heteroatoms. The predicted octanol–water partition coefficient (Wildman–Crippen LogP) is 2.45. The molecule has 0 amide bonds. The Morgan fingerprint density at radius 3 is 2.59 bits per heavy atom. The Bertz CT molecular complexity index is 288. The summed E-state index contributed by atoms with van der Waals surface area (Å²) < 4.78 is 0. The molecule has 1 unspecified atom stereocenters. The van der Waals surface area contributed by atoms with E-state index in [9.17, 15) is 5.11 Å². The molecule has 0 aliphatic carbocycles. The molecular formula is C14H24N2O. The second-order valence-corrected chi connectivity index (χ2v) is 4.57. The van der Waals surface area contributed by atoms with Crippen molar-refractivity contribution in [3.05, 3.63) is 30.1 Å². The minimum atomic E-state index is -0.162. The van der Waals surface area contributed by atoms with E-state index in [1.54, 1.807) is 0 Å². The fourth-order valence-electron chi connectivity index (χ4n) is 1.87. The van der Waals surface area contributed by atoms with Crippen molar-refractivity contribution in [3.63, 3.8) is 0 Å². The van der Waals surface area contributed by atoms with Crippen LogP contribution in [0.1, 0.15) is 38.7 Å². The molecule has 1 N–H and O–H groups in total. The topological polar surface area (TPSA) is 36.4 Å². The minimum Gasteiger partial charge on any atom is -0.393 e. The van der Waals surface area contributed by atoms with Crippen LogP contribution in [0.15, 0.2) is 24.5 Å². The summed E-state index contributed by atoms with van der Waals surface area (Å²) >= 11 is 0. The van der Waals surface area contributed by atoms with E-state index in [2.05, 4.69) is 28.9 Å². The Kier molecular flexibility index (Phi) is 6.82. The molecule has 3 nitrogen and oxygen atoms in total. The maximum Gasteiger partial charge on any atom is 0.0512 e. The third kappa shape index (κ3) is 6.39. The van der Waals surface area contributed by atoms with Gasteiger partial charge in [-0.1, -0.05) is 6.92 Å². The Labute approximate surface area is 104 Å². The van der Waals surface area contributed by atoms with E-state index in [-0.39, 0.29) is 6.10 Å². The zero-order valence-corrected chi connectivity index (χ0v) is 11.0. The van der Waals surface area contributed by atoms with Gasteiger partial charge in [0.15, 0.2) is 0 Å². The van der Waals surface area contributed by atoms with Gasteiger partial charge < -0.3 is 5.11 Å². The number of unbranched alkanes of at least 4 members (excludes halogenated alkanes) is 1. The SMILES string of the molecule is CCN(CCCCC(C)O)Cc1ccncc1. The van der Waals surface area contributed by atoms with Crippen molar-refractivity contribution < 1.29 is 5.11 Å². The average Bonchev–Trinajstić information content (AvgIpc) is 2.34. The number of pyridine rings is 1. The lowest BCUT2D eigenvalue weighted by Crippen LogP contribution is -2.24. The highest BCUT2D eigenvalue weighted by Gasteiger charge is 2.03. The Hall–Kier alpha value is -0.930. The van der Waals surface area contributed by atoms with E-state index in [0.717, 1.165) is 38.9 Å². The normalized spacial score (nSPS) is 12.9. The number of aromatic nitrogens is 1. The van der Waals surface area contributed by atoms with E-state index in [4.69, 9.17) is 0 Å². The van der Waals surface area contributed by atoms with Gasteiger partial charge in [0.2, 0.25) is 0 Å². The van der Waals surface area contributed by atoms with Crippen LogP contribution in [0.4, 0.5) is 0 Å². The maximum absolute atomic E-state index is 9.19. The molecule has 0 aliphatic heterocycles. The van der Waals surface area contributed by atoms with Crippen molar-refractivity contribution in [1.29, 1.82) is 0 Å². The number of hydrogen-bond donors (Lipinski definition) is 1. The Morgan fingerprint density at radius 2 is 2.00 bits per heavy atom. The smallest absolute Gasteiger partial charge is 0.0512 e. The first kappa shape index (κ1) is 14.1. The monoisotopic (exact) mass is 236 g/mol. The third-order valence-electron chi connectivity index (χ3n) is 2.95. The Balaban J connectivity index is 2.24. The summed E-state index contributed by atoms with van der Waals surface area (Å²) in [6, 6.07) is 4.14. The fourth-order valence-corrected chi connectivity index (χ4v) is 1.87. The van der Waals surface area contributed by atoms with E-state index in [1.165, 1.54) is 5.56 Å². The highest BCUT2D eigenvalue weighted by Crippen LogP contribution is 2.06. The van der Waals surface area contributed by atoms with Crippen molar-refractivity contribution in [3.8, 4) is 0 Å². The van der Waals surface area contributed by atoms with E-state index in [0.29, 0.717) is 0 Å². The number of hydrogen-bond acceptors (Lipinski definition) is 3. The van der Waals surface area contributed by atoms with Gasteiger partial charge >= 0.3 is 0 Å². The van der Waals surface area contributed by atoms with Gasteiger partial charge in [0.25, 0.3) is 0 Å². The Morgan fingerprint density at radius 1 is 1.29 bits per heavy atom. The molecule has 17 heavy (non-hydrogen) atoms. The lowest BCUT2D eigenvalue weighted by molar-refractivity contribution is 0.176. The van der Waals surface area contributed by atoms with Gasteiger partial charge in [-0.05, 0) is 57.0 Å². The molecule has 1 aromatic rings. The number of aliphatic hydroxyl groups is 1. The van der Waals surface area contributed by atoms with E-state index < -0.39 is 0 Å². The van der Waals surface area contributed by atoms with Crippen molar-refractivity contribution >= 4 is 0 Å². The molecule has 96 valence electrons. The summed E-state index contributed by atoms with van der Waals surface area (Å²) in [5.74, 6) is 0. The molecule has 0 bridgehead atoms. The van der Waals surface area contributed by atoms with Gasteiger partial charge in [-0.25, -0.2) is 0 Å². The molecule has 0 saturated heterocycles. The molecule has 0 saturated carbocycles. The van der Waals surface area contributed by atoms with Crippen LogP contribution in [-0.4, -0.2) is 34.2 Å². The number of rotatable bonds is 8. The van der Waals surface area contributed by atoms with Gasteiger partial charge in [-0.3, -0.25) is 9.88 Å². The van der Waals surface area contributed by atoms with Crippen LogP contribution < -0.4 is 0 Å². The lowest BCUT2D eigenvalue weighted by atomic mass is 10.1. The van der Waals surface area contributed by atoms with Gasteiger partial charge in [0, 0.05) is 18.9 Å². The second kappa shape index (κ2) is 8.20. The standard InChI is InChI=1S/C14H24N2O/c1-3-16(11-5-4-6-13(2)17)12-14-7-9-15-10-8-14/h7-10,13,17H,3-6,11-12H2,1-2H3. The van der Waals surface area contributed by atoms with Crippen LogP contribution in [0.5, 0.6) is 0 Å². The van der Waals surface area contributed by atoms with Crippen molar-refractivity contribution in [2.75, 3.05) is 13.1 Å². The van der Waals surface area contributed by atoms with Crippen LogP contribution >= 0.6 is 0 Å². The van der Waals surface area contributed by atoms with Crippen molar-refractivity contribution in [2.24, 2.45) is 0 Å². The van der Waals surface area contributed by atoms with Crippen LogP contribution in [0.25, 0.3) is 0 Å². The summed E-state index contributed by atoms with van der Waals surface area (Å²) in [7, 11) is 0. The highest BCUT2D eigenvalue weighted by atomic mass is 16.3. The van der Waals surface area contributed by atoms with Gasteiger partial charge in [0.05, 0.1) is 6.10 Å². The summed E-state index contributed by atoms with van der Waals surface area (Å²) in [6.45, 7) is 7.21. The van der Waals surface area contributed by atoms with Gasteiger partial charge in [-0.15, -0.1) is 0 Å². The molecule has 1 heterocycles. The van der Waals surface area contributed by atoms with Crippen LogP contribution in [0, 0.1) is 0 Å².